The third-order valence-electron chi connectivity index (χ3n) is 11.9. The summed E-state index contributed by atoms with van der Waals surface area (Å²) in [5.41, 5.74) is 14.0. The quantitative estimate of drug-likeness (QED) is 0.169. The molecular formula is C56H36N4. The molecule has 0 saturated carbocycles. The lowest BCUT2D eigenvalue weighted by molar-refractivity contribution is 1.17. The van der Waals surface area contributed by atoms with Gasteiger partial charge in [-0.25, -0.2) is 9.97 Å². The average Bonchev–Trinajstić information content (AvgIpc) is 3.85. The number of aromatic nitrogens is 4. The van der Waals surface area contributed by atoms with Crippen LogP contribution in [0.2, 0.25) is 0 Å². The van der Waals surface area contributed by atoms with E-state index in [0.717, 1.165) is 66.8 Å². The maximum absolute atomic E-state index is 5.36. The van der Waals surface area contributed by atoms with Gasteiger partial charge in [-0.15, -0.1) is 0 Å². The highest BCUT2D eigenvalue weighted by molar-refractivity contribution is 6.26. The van der Waals surface area contributed by atoms with E-state index in [-0.39, 0.29) is 0 Å². The van der Waals surface area contributed by atoms with Crippen molar-refractivity contribution in [1.82, 2.24) is 19.1 Å². The summed E-state index contributed by atoms with van der Waals surface area (Å²) in [4.78, 5) is 10.6. The summed E-state index contributed by atoms with van der Waals surface area (Å²) in [7, 11) is 0. The first-order chi connectivity index (χ1) is 29.8. The second-order valence-electron chi connectivity index (χ2n) is 15.4. The fourth-order valence-electron chi connectivity index (χ4n) is 9.21. The molecule has 0 saturated heterocycles. The summed E-state index contributed by atoms with van der Waals surface area (Å²) in [5.74, 6) is 0.690. The van der Waals surface area contributed by atoms with E-state index >= 15 is 0 Å². The third kappa shape index (κ3) is 5.46. The molecule has 12 rings (SSSR count). The van der Waals surface area contributed by atoms with Gasteiger partial charge in [-0.05, 0) is 76.5 Å². The van der Waals surface area contributed by atoms with Gasteiger partial charge in [-0.3, -0.25) is 0 Å². The van der Waals surface area contributed by atoms with Gasteiger partial charge in [0.1, 0.15) is 0 Å². The fraction of sp³-hybridized carbons (Fsp3) is 0. The van der Waals surface area contributed by atoms with Gasteiger partial charge in [-0.2, -0.15) is 0 Å². The highest BCUT2D eigenvalue weighted by Crippen LogP contribution is 2.43. The summed E-state index contributed by atoms with van der Waals surface area (Å²) >= 11 is 0. The molecule has 0 radical (unpaired) electrons. The molecule has 60 heavy (non-hydrogen) atoms. The molecule has 0 fully saturated rings. The second kappa shape index (κ2) is 13.8. The van der Waals surface area contributed by atoms with Crippen molar-refractivity contribution >= 4 is 54.4 Å². The van der Waals surface area contributed by atoms with Gasteiger partial charge < -0.3 is 9.13 Å². The number of fused-ring (bicyclic) bond motifs is 8. The van der Waals surface area contributed by atoms with Crippen LogP contribution < -0.4 is 0 Å². The van der Waals surface area contributed by atoms with E-state index in [1.165, 1.54) is 38.1 Å². The first kappa shape index (κ1) is 34.0. The van der Waals surface area contributed by atoms with Crippen LogP contribution in [0.5, 0.6) is 0 Å². The zero-order valence-electron chi connectivity index (χ0n) is 32.6. The van der Waals surface area contributed by atoms with E-state index in [9.17, 15) is 0 Å². The summed E-state index contributed by atoms with van der Waals surface area (Å²) in [5, 5.41) is 7.19. The minimum absolute atomic E-state index is 0.690. The van der Waals surface area contributed by atoms with Crippen molar-refractivity contribution in [2.45, 2.75) is 0 Å². The molecule has 0 aliphatic carbocycles. The zero-order valence-corrected chi connectivity index (χ0v) is 32.6. The normalized spacial score (nSPS) is 11.7. The largest absolute Gasteiger partial charge is 0.309 e. The fourth-order valence-corrected chi connectivity index (χ4v) is 9.21. The van der Waals surface area contributed by atoms with Crippen molar-refractivity contribution < 1.29 is 0 Å². The van der Waals surface area contributed by atoms with Gasteiger partial charge in [-0.1, -0.05) is 164 Å². The molecule has 4 heteroatoms. The van der Waals surface area contributed by atoms with Crippen LogP contribution in [0.15, 0.2) is 218 Å². The molecule has 0 bridgehead atoms. The highest BCUT2D eigenvalue weighted by Gasteiger charge is 2.22. The lowest BCUT2D eigenvalue weighted by Gasteiger charge is -2.15. The Hall–Kier alpha value is -8.08. The van der Waals surface area contributed by atoms with Crippen molar-refractivity contribution in [3.05, 3.63) is 218 Å². The molecule has 3 aromatic heterocycles. The maximum Gasteiger partial charge on any atom is 0.160 e. The molecular weight excluding hydrogens is 729 g/mol. The highest BCUT2D eigenvalue weighted by atomic mass is 15.0. The van der Waals surface area contributed by atoms with Crippen LogP contribution >= 0.6 is 0 Å². The number of hydrogen-bond donors (Lipinski definition) is 0. The Morgan fingerprint density at radius 2 is 0.917 bits per heavy atom. The Kier molecular flexibility index (Phi) is 7.82. The molecule has 0 spiro atoms. The third-order valence-corrected chi connectivity index (χ3v) is 11.9. The van der Waals surface area contributed by atoms with Gasteiger partial charge in [0.25, 0.3) is 0 Å². The first-order valence-corrected chi connectivity index (χ1v) is 20.4. The first-order valence-electron chi connectivity index (χ1n) is 20.4. The van der Waals surface area contributed by atoms with Crippen LogP contribution in [-0.2, 0) is 0 Å². The summed E-state index contributed by atoms with van der Waals surface area (Å²) < 4.78 is 4.88. The topological polar surface area (TPSA) is 35.6 Å². The lowest BCUT2D eigenvalue weighted by atomic mass is 9.98. The molecule has 0 atom stereocenters. The van der Waals surface area contributed by atoms with Crippen molar-refractivity contribution in [3.8, 4) is 56.4 Å². The van der Waals surface area contributed by atoms with E-state index in [4.69, 9.17) is 9.97 Å². The maximum atomic E-state index is 5.36. The van der Waals surface area contributed by atoms with Gasteiger partial charge in [0, 0.05) is 49.6 Å². The van der Waals surface area contributed by atoms with Gasteiger partial charge in [0.15, 0.2) is 5.82 Å². The summed E-state index contributed by atoms with van der Waals surface area (Å²) in [6, 6.07) is 77.9. The van der Waals surface area contributed by atoms with Crippen molar-refractivity contribution in [2.24, 2.45) is 0 Å². The van der Waals surface area contributed by atoms with E-state index in [0.29, 0.717) is 5.82 Å². The van der Waals surface area contributed by atoms with Gasteiger partial charge in [0.05, 0.1) is 33.5 Å². The zero-order chi connectivity index (χ0) is 39.6. The predicted octanol–water partition coefficient (Wildman–Crippen LogP) is 14.5. The Morgan fingerprint density at radius 3 is 1.70 bits per heavy atom. The summed E-state index contributed by atoms with van der Waals surface area (Å²) in [6.07, 6.45) is 0. The van der Waals surface area contributed by atoms with Gasteiger partial charge in [0.2, 0.25) is 0 Å². The number of rotatable bonds is 6. The van der Waals surface area contributed by atoms with Crippen molar-refractivity contribution in [3.63, 3.8) is 0 Å². The molecule has 4 nitrogen and oxygen atoms in total. The summed E-state index contributed by atoms with van der Waals surface area (Å²) in [6.45, 7) is 0. The van der Waals surface area contributed by atoms with Crippen LogP contribution in [0.3, 0.4) is 0 Å². The van der Waals surface area contributed by atoms with Crippen LogP contribution in [0, 0.1) is 0 Å². The smallest absolute Gasteiger partial charge is 0.160 e. The van der Waals surface area contributed by atoms with E-state index < -0.39 is 0 Å². The van der Waals surface area contributed by atoms with Crippen LogP contribution in [0.25, 0.3) is 111 Å². The molecule has 12 aromatic rings. The Bertz CT molecular complexity index is 3580. The standard InChI is InChI=1S/C56H36N4/c1-4-17-37(18-5-1)39-22-16-23-41(33-39)49-36-50(58-56(57-49)38-19-6-2-7-20-38)48-35-43(34-40-21-10-11-26-44(40)48)59-52-30-15-13-28-47(52)54-53(59)32-31-46-45-27-12-14-29-51(45)60(55(46)54)42-24-8-3-9-25-42/h1-36H. The molecule has 0 aliphatic rings. The monoisotopic (exact) mass is 764 g/mol. The number of nitrogens with zero attached hydrogens (tertiary/aromatic N) is 4. The van der Waals surface area contributed by atoms with Crippen molar-refractivity contribution in [2.75, 3.05) is 0 Å². The molecule has 0 amide bonds. The molecule has 0 unspecified atom stereocenters. The van der Waals surface area contributed by atoms with Gasteiger partial charge >= 0.3 is 0 Å². The number of para-hydroxylation sites is 3. The minimum atomic E-state index is 0.690. The Balaban J connectivity index is 1.13. The average molecular weight is 765 g/mol. The number of benzene rings is 9. The second-order valence-corrected chi connectivity index (χ2v) is 15.4. The molecule has 3 heterocycles. The Morgan fingerprint density at radius 1 is 0.317 bits per heavy atom. The van der Waals surface area contributed by atoms with Crippen molar-refractivity contribution in [1.29, 1.82) is 0 Å². The SMILES string of the molecule is c1ccc(-c2cccc(-c3cc(-c4cc(-n5c6ccccc6c6c5ccc5c7ccccc7n(-c7ccccc7)c56)cc5ccccc45)nc(-c4ccccc4)n3)c2)cc1. The Labute approximate surface area is 346 Å². The van der Waals surface area contributed by atoms with E-state index in [1.807, 2.05) is 18.2 Å². The number of hydrogen-bond acceptors (Lipinski definition) is 2. The lowest BCUT2D eigenvalue weighted by Crippen LogP contribution is -1.99. The van der Waals surface area contributed by atoms with Crippen LogP contribution in [0.4, 0.5) is 0 Å². The van der Waals surface area contributed by atoms with E-state index in [2.05, 4.69) is 209 Å². The predicted molar refractivity (Wildman–Crippen MR) is 250 cm³/mol. The minimum Gasteiger partial charge on any atom is -0.309 e. The van der Waals surface area contributed by atoms with Crippen LogP contribution in [0.1, 0.15) is 0 Å². The molecule has 9 aromatic carbocycles. The molecule has 280 valence electrons. The molecule has 0 aliphatic heterocycles. The van der Waals surface area contributed by atoms with Crippen LogP contribution in [-0.4, -0.2) is 19.1 Å². The molecule has 0 N–H and O–H groups in total. The van der Waals surface area contributed by atoms with E-state index in [1.54, 1.807) is 0 Å².